The second-order valence-corrected chi connectivity index (χ2v) is 6.81. The SMILES string of the molecule is CCNC(=O)C(c1ccccc1)[N+]12CCC(CC1)[C@H](NC=N)C2. The van der Waals surface area contributed by atoms with E-state index in [1.165, 1.54) is 6.34 Å². The summed E-state index contributed by atoms with van der Waals surface area (Å²) in [7, 11) is 0. The van der Waals surface area contributed by atoms with E-state index in [1.807, 2.05) is 25.1 Å². The molecule has 23 heavy (non-hydrogen) atoms. The molecule has 1 unspecified atom stereocenters. The van der Waals surface area contributed by atoms with Gasteiger partial charge in [-0.3, -0.25) is 10.2 Å². The quantitative estimate of drug-likeness (QED) is 0.425. The third-order valence-electron chi connectivity index (χ3n) is 5.58. The second-order valence-electron chi connectivity index (χ2n) is 6.81. The maximum atomic E-state index is 12.9. The van der Waals surface area contributed by atoms with Crippen LogP contribution in [0.5, 0.6) is 0 Å². The monoisotopic (exact) mass is 315 g/mol. The van der Waals surface area contributed by atoms with Crippen molar-refractivity contribution < 1.29 is 9.28 Å². The minimum absolute atomic E-state index is 0.132. The molecule has 4 rings (SSSR count). The fraction of sp³-hybridized carbons (Fsp3) is 0.556. The molecule has 0 spiro atoms. The molecule has 3 aliphatic rings. The van der Waals surface area contributed by atoms with Gasteiger partial charge < -0.3 is 15.1 Å². The Kier molecular flexibility index (Phi) is 4.66. The fourth-order valence-corrected chi connectivity index (χ4v) is 4.51. The van der Waals surface area contributed by atoms with Crippen LogP contribution in [0.2, 0.25) is 0 Å². The molecule has 2 bridgehead atoms. The first-order valence-corrected chi connectivity index (χ1v) is 8.63. The summed E-state index contributed by atoms with van der Waals surface area (Å²) in [6.45, 7) is 5.67. The molecular weight excluding hydrogens is 288 g/mol. The summed E-state index contributed by atoms with van der Waals surface area (Å²) in [6.07, 6.45) is 3.58. The number of benzene rings is 1. The van der Waals surface area contributed by atoms with Crippen LogP contribution in [-0.2, 0) is 4.79 Å². The van der Waals surface area contributed by atoms with E-state index in [-0.39, 0.29) is 11.9 Å². The summed E-state index contributed by atoms with van der Waals surface area (Å²) in [5, 5.41) is 13.6. The van der Waals surface area contributed by atoms with Gasteiger partial charge in [0.25, 0.3) is 5.91 Å². The van der Waals surface area contributed by atoms with Crippen molar-refractivity contribution in [1.29, 1.82) is 5.41 Å². The van der Waals surface area contributed by atoms with Crippen molar-refractivity contribution >= 4 is 12.2 Å². The average Bonchev–Trinajstić information content (AvgIpc) is 2.57. The number of amides is 1. The molecule has 3 saturated heterocycles. The molecule has 1 aromatic carbocycles. The lowest BCUT2D eigenvalue weighted by molar-refractivity contribution is -0.963. The largest absolute Gasteiger partial charge is 0.368 e. The molecule has 0 radical (unpaired) electrons. The van der Waals surface area contributed by atoms with Gasteiger partial charge in [-0.25, -0.2) is 0 Å². The Hall–Kier alpha value is -1.88. The first kappa shape index (κ1) is 16.0. The standard InChI is InChI=1S/C18H26N4O/c1-2-20-18(23)17(15-6-4-3-5-7-15)22-10-8-14(9-11-22)16(12-22)21-13-19/h3-7,13-14,16-17H,2,8-12H2,1H3,(H2-,19,20,21,23)/p+1/t14?,16-,17?,22?/m1/s1. The lowest BCUT2D eigenvalue weighted by Gasteiger charge is -2.55. The highest BCUT2D eigenvalue weighted by Crippen LogP contribution is 2.41. The normalized spacial score (nSPS) is 30.5. The number of quaternary nitrogens is 1. The Labute approximate surface area is 138 Å². The number of carbonyl (C=O) groups is 1. The van der Waals surface area contributed by atoms with E-state index in [1.54, 1.807) is 0 Å². The Morgan fingerprint density at radius 3 is 2.65 bits per heavy atom. The van der Waals surface area contributed by atoms with Crippen LogP contribution in [0, 0.1) is 11.3 Å². The van der Waals surface area contributed by atoms with Crippen molar-refractivity contribution in [2.24, 2.45) is 5.92 Å². The van der Waals surface area contributed by atoms with Crippen LogP contribution in [0.25, 0.3) is 0 Å². The van der Waals surface area contributed by atoms with Crippen molar-refractivity contribution in [3.05, 3.63) is 35.9 Å². The van der Waals surface area contributed by atoms with Crippen LogP contribution < -0.4 is 10.6 Å². The zero-order chi connectivity index (χ0) is 16.3. The van der Waals surface area contributed by atoms with Crippen molar-refractivity contribution in [3.63, 3.8) is 0 Å². The Morgan fingerprint density at radius 1 is 1.35 bits per heavy atom. The van der Waals surface area contributed by atoms with Crippen LogP contribution in [0.4, 0.5) is 0 Å². The molecule has 124 valence electrons. The van der Waals surface area contributed by atoms with Crippen LogP contribution in [-0.4, -0.2) is 48.9 Å². The molecule has 3 fully saturated rings. The number of piperidine rings is 3. The first-order chi connectivity index (χ1) is 11.2. The van der Waals surface area contributed by atoms with E-state index in [9.17, 15) is 4.79 Å². The van der Waals surface area contributed by atoms with Crippen molar-refractivity contribution in [3.8, 4) is 0 Å². The number of rotatable bonds is 6. The highest BCUT2D eigenvalue weighted by atomic mass is 16.2. The number of hydrogen-bond acceptors (Lipinski definition) is 2. The van der Waals surface area contributed by atoms with E-state index in [4.69, 9.17) is 5.41 Å². The Bertz CT molecular complexity index is 551. The lowest BCUT2D eigenvalue weighted by atomic mass is 9.79. The molecule has 5 nitrogen and oxygen atoms in total. The second kappa shape index (κ2) is 6.71. The van der Waals surface area contributed by atoms with Gasteiger partial charge in [-0.1, -0.05) is 30.3 Å². The fourth-order valence-electron chi connectivity index (χ4n) is 4.51. The van der Waals surface area contributed by atoms with E-state index < -0.39 is 0 Å². The molecule has 1 amide bonds. The van der Waals surface area contributed by atoms with Crippen molar-refractivity contribution in [2.75, 3.05) is 26.2 Å². The third-order valence-corrected chi connectivity index (χ3v) is 5.58. The van der Waals surface area contributed by atoms with Gasteiger partial charge >= 0.3 is 0 Å². The molecule has 3 N–H and O–H groups in total. The van der Waals surface area contributed by atoms with E-state index in [2.05, 4.69) is 22.8 Å². The number of likely N-dealkylation sites (N-methyl/N-ethyl adjacent to an activating group) is 1. The van der Waals surface area contributed by atoms with Crippen molar-refractivity contribution in [2.45, 2.75) is 31.8 Å². The predicted octanol–water partition coefficient (Wildman–Crippen LogP) is 1.67. The lowest BCUT2D eigenvalue weighted by Crippen LogP contribution is -2.69. The first-order valence-electron chi connectivity index (χ1n) is 8.63. The molecule has 1 aromatic rings. The number of fused-ring (bicyclic) bond motifs is 3. The maximum absolute atomic E-state index is 12.9. The van der Waals surface area contributed by atoms with E-state index in [0.29, 0.717) is 18.5 Å². The van der Waals surface area contributed by atoms with Crippen LogP contribution in [0.15, 0.2) is 30.3 Å². The molecule has 3 aliphatic heterocycles. The maximum Gasteiger partial charge on any atom is 0.283 e. The molecular formula is C18H27N4O+. The van der Waals surface area contributed by atoms with Gasteiger partial charge in [-0.15, -0.1) is 0 Å². The van der Waals surface area contributed by atoms with Gasteiger partial charge in [0.05, 0.1) is 25.5 Å². The van der Waals surface area contributed by atoms with Gasteiger partial charge in [0.2, 0.25) is 0 Å². The summed E-state index contributed by atoms with van der Waals surface area (Å²) in [5.41, 5.74) is 1.10. The zero-order valence-corrected chi connectivity index (χ0v) is 13.8. The number of carbonyl (C=O) groups excluding carboxylic acids is 1. The average molecular weight is 315 g/mol. The van der Waals surface area contributed by atoms with E-state index >= 15 is 0 Å². The minimum Gasteiger partial charge on any atom is -0.368 e. The van der Waals surface area contributed by atoms with Crippen LogP contribution >= 0.6 is 0 Å². The van der Waals surface area contributed by atoms with Crippen molar-refractivity contribution in [1.82, 2.24) is 10.6 Å². The topological polar surface area (TPSA) is 65.0 Å². The van der Waals surface area contributed by atoms with Gasteiger partial charge in [0.15, 0.2) is 6.04 Å². The van der Waals surface area contributed by atoms with Crippen LogP contribution in [0.3, 0.4) is 0 Å². The summed E-state index contributed by atoms with van der Waals surface area (Å²) in [5.74, 6) is 0.773. The summed E-state index contributed by atoms with van der Waals surface area (Å²) in [4.78, 5) is 12.9. The van der Waals surface area contributed by atoms with Gasteiger partial charge in [0, 0.05) is 24.9 Å². The van der Waals surface area contributed by atoms with Crippen LogP contribution in [0.1, 0.15) is 31.4 Å². The smallest absolute Gasteiger partial charge is 0.283 e. The highest BCUT2D eigenvalue weighted by Gasteiger charge is 2.52. The Balaban J connectivity index is 1.95. The number of hydrogen-bond donors (Lipinski definition) is 3. The summed E-state index contributed by atoms with van der Waals surface area (Å²) >= 11 is 0. The molecule has 0 saturated carbocycles. The molecule has 0 aliphatic carbocycles. The van der Waals surface area contributed by atoms with Gasteiger partial charge in [-0.05, 0) is 12.8 Å². The summed E-state index contributed by atoms with van der Waals surface area (Å²) < 4.78 is 0.817. The molecule has 5 heteroatoms. The highest BCUT2D eigenvalue weighted by molar-refractivity contribution is 5.82. The summed E-state index contributed by atoms with van der Waals surface area (Å²) in [6, 6.07) is 10.4. The Morgan fingerprint density at radius 2 is 2.04 bits per heavy atom. The number of nitrogens with one attached hydrogen (secondary N) is 3. The predicted molar refractivity (Wildman–Crippen MR) is 91.2 cm³/mol. The van der Waals surface area contributed by atoms with Gasteiger partial charge in [-0.2, -0.15) is 0 Å². The third kappa shape index (κ3) is 2.98. The molecule has 3 heterocycles. The van der Waals surface area contributed by atoms with E-state index in [0.717, 1.165) is 42.5 Å². The van der Waals surface area contributed by atoms with Gasteiger partial charge in [0.1, 0.15) is 6.54 Å². The zero-order valence-electron chi connectivity index (χ0n) is 13.8. The minimum atomic E-state index is -0.146. The molecule has 0 aromatic heterocycles. The number of nitrogens with zero attached hydrogens (tertiary/aromatic N) is 1. The molecule has 2 atom stereocenters.